The van der Waals surface area contributed by atoms with Crippen LogP contribution in [0, 0.1) is 0 Å². The third kappa shape index (κ3) is 1.80. The fraction of sp³-hybridized carbons (Fsp3) is 0.0667. The lowest BCUT2D eigenvalue weighted by atomic mass is 10.1. The van der Waals surface area contributed by atoms with Crippen LogP contribution in [0.5, 0.6) is 5.75 Å². The second kappa shape index (κ2) is 4.70. The number of aromatic carboxylic acids is 1. The molecule has 20 heavy (non-hydrogen) atoms. The molecule has 1 N–H and O–H groups in total. The third-order valence-electron chi connectivity index (χ3n) is 3.14. The first-order valence-corrected chi connectivity index (χ1v) is 6.05. The van der Waals surface area contributed by atoms with E-state index in [-0.39, 0.29) is 5.56 Å². The van der Waals surface area contributed by atoms with Crippen LogP contribution in [0.3, 0.4) is 0 Å². The molecule has 0 bridgehead atoms. The van der Waals surface area contributed by atoms with Gasteiger partial charge in [0.2, 0.25) is 0 Å². The number of para-hydroxylation sites is 3. The predicted molar refractivity (Wildman–Crippen MR) is 74.6 cm³/mol. The second-order valence-electron chi connectivity index (χ2n) is 4.26. The fourth-order valence-corrected chi connectivity index (χ4v) is 2.25. The van der Waals surface area contributed by atoms with Gasteiger partial charge in [0.15, 0.2) is 0 Å². The molecular weight excluding hydrogens is 256 g/mol. The zero-order chi connectivity index (χ0) is 14.1. The standard InChI is InChI=1S/C15H12N2O3/c1-20-13-8-3-2-7-12(13)17-9-16-11-6-4-5-10(14(11)17)15(18)19/h2-9H,1H3,(H,18,19). The van der Waals surface area contributed by atoms with E-state index in [1.54, 1.807) is 36.2 Å². The monoisotopic (exact) mass is 268 g/mol. The van der Waals surface area contributed by atoms with Crippen LogP contribution in [0.4, 0.5) is 0 Å². The van der Waals surface area contributed by atoms with Crippen molar-refractivity contribution in [2.75, 3.05) is 7.11 Å². The normalized spacial score (nSPS) is 10.7. The second-order valence-corrected chi connectivity index (χ2v) is 4.26. The highest BCUT2D eigenvalue weighted by Gasteiger charge is 2.15. The number of benzene rings is 2. The van der Waals surface area contributed by atoms with E-state index in [4.69, 9.17) is 4.74 Å². The van der Waals surface area contributed by atoms with E-state index >= 15 is 0 Å². The number of hydrogen-bond donors (Lipinski definition) is 1. The first-order chi connectivity index (χ1) is 9.72. The van der Waals surface area contributed by atoms with Gasteiger partial charge < -0.3 is 9.84 Å². The van der Waals surface area contributed by atoms with Gasteiger partial charge in [0.25, 0.3) is 0 Å². The molecular formula is C15H12N2O3. The molecule has 0 amide bonds. The molecule has 5 nitrogen and oxygen atoms in total. The van der Waals surface area contributed by atoms with Crippen LogP contribution in [-0.2, 0) is 0 Å². The Kier molecular flexibility index (Phi) is 2.87. The predicted octanol–water partition coefficient (Wildman–Crippen LogP) is 2.73. The highest BCUT2D eigenvalue weighted by Crippen LogP contribution is 2.27. The Morgan fingerprint density at radius 2 is 2.00 bits per heavy atom. The highest BCUT2D eigenvalue weighted by molar-refractivity contribution is 6.01. The van der Waals surface area contributed by atoms with Crippen LogP contribution in [0.2, 0.25) is 0 Å². The van der Waals surface area contributed by atoms with Gasteiger partial charge in [0.1, 0.15) is 12.1 Å². The summed E-state index contributed by atoms with van der Waals surface area (Å²) in [4.78, 5) is 15.6. The largest absolute Gasteiger partial charge is 0.495 e. The maximum Gasteiger partial charge on any atom is 0.337 e. The first-order valence-electron chi connectivity index (χ1n) is 6.05. The minimum Gasteiger partial charge on any atom is -0.495 e. The van der Waals surface area contributed by atoms with Crippen molar-refractivity contribution in [3.8, 4) is 11.4 Å². The Hall–Kier alpha value is -2.82. The van der Waals surface area contributed by atoms with E-state index in [9.17, 15) is 9.90 Å². The number of ether oxygens (including phenoxy) is 1. The number of fused-ring (bicyclic) bond motifs is 1. The summed E-state index contributed by atoms with van der Waals surface area (Å²) in [6, 6.07) is 12.5. The molecule has 0 saturated carbocycles. The molecule has 0 aliphatic heterocycles. The van der Waals surface area contributed by atoms with Crippen LogP contribution < -0.4 is 4.74 Å². The number of aromatic nitrogens is 2. The summed E-state index contributed by atoms with van der Waals surface area (Å²) in [7, 11) is 1.58. The summed E-state index contributed by atoms with van der Waals surface area (Å²) < 4.78 is 7.06. The van der Waals surface area contributed by atoms with Gasteiger partial charge in [0, 0.05) is 0 Å². The van der Waals surface area contributed by atoms with Crippen molar-refractivity contribution in [2.24, 2.45) is 0 Å². The van der Waals surface area contributed by atoms with Crippen LogP contribution in [-0.4, -0.2) is 27.7 Å². The Morgan fingerprint density at radius 1 is 1.20 bits per heavy atom. The Bertz CT molecular complexity index is 793. The van der Waals surface area contributed by atoms with E-state index in [0.29, 0.717) is 16.8 Å². The third-order valence-corrected chi connectivity index (χ3v) is 3.14. The number of imidazole rings is 1. The molecule has 0 fully saturated rings. The van der Waals surface area contributed by atoms with E-state index in [0.717, 1.165) is 5.69 Å². The molecule has 0 aliphatic rings. The minimum absolute atomic E-state index is 0.214. The van der Waals surface area contributed by atoms with Crippen LogP contribution >= 0.6 is 0 Å². The Morgan fingerprint density at radius 3 is 2.75 bits per heavy atom. The number of rotatable bonds is 3. The summed E-state index contributed by atoms with van der Waals surface area (Å²) in [5.41, 5.74) is 2.16. The van der Waals surface area contributed by atoms with E-state index in [2.05, 4.69) is 4.98 Å². The smallest absolute Gasteiger partial charge is 0.337 e. The number of carbonyl (C=O) groups is 1. The van der Waals surface area contributed by atoms with Crippen molar-refractivity contribution in [1.29, 1.82) is 0 Å². The highest BCUT2D eigenvalue weighted by atomic mass is 16.5. The summed E-state index contributed by atoms with van der Waals surface area (Å²) in [6.07, 6.45) is 1.61. The molecule has 0 aliphatic carbocycles. The van der Waals surface area contributed by atoms with Crippen molar-refractivity contribution in [1.82, 2.24) is 9.55 Å². The van der Waals surface area contributed by atoms with Crippen LogP contribution in [0.15, 0.2) is 48.8 Å². The number of carboxylic acid groups (broad SMARTS) is 1. The summed E-state index contributed by atoms with van der Waals surface area (Å²) in [6.45, 7) is 0. The summed E-state index contributed by atoms with van der Waals surface area (Å²) in [5, 5.41) is 9.33. The van der Waals surface area contributed by atoms with Crippen molar-refractivity contribution >= 4 is 17.0 Å². The lowest BCUT2D eigenvalue weighted by Crippen LogP contribution is -2.02. The molecule has 0 unspecified atom stereocenters. The van der Waals surface area contributed by atoms with Gasteiger partial charge in [0.05, 0.1) is 29.4 Å². The maximum absolute atomic E-state index is 11.4. The van der Waals surface area contributed by atoms with Crippen molar-refractivity contribution < 1.29 is 14.6 Å². The van der Waals surface area contributed by atoms with E-state index in [1.807, 2.05) is 24.3 Å². The Balaban J connectivity index is 2.35. The average molecular weight is 268 g/mol. The number of nitrogens with zero attached hydrogens (tertiary/aromatic N) is 2. The average Bonchev–Trinajstić information content (AvgIpc) is 2.90. The topological polar surface area (TPSA) is 64.4 Å². The van der Waals surface area contributed by atoms with Crippen molar-refractivity contribution in [3.05, 3.63) is 54.4 Å². The zero-order valence-corrected chi connectivity index (χ0v) is 10.8. The summed E-state index contributed by atoms with van der Waals surface area (Å²) >= 11 is 0. The molecule has 3 rings (SSSR count). The van der Waals surface area contributed by atoms with Crippen LogP contribution in [0.25, 0.3) is 16.7 Å². The molecule has 1 heterocycles. The lowest BCUT2D eigenvalue weighted by molar-refractivity contribution is 0.0698. The van der Waals surface area contributed by atoms with Gasteiger partial charge in [-0.3, -0.25) is 4.57 Å². The van der Waals surface area contributed by atoms with Gasteiger partial charge in [-0.05, 0) is 24.3 Å². The number of hydrogen-bond acceptors (Lipinski definition) is 3. The minimum atomic E-state index is -0.979. The molecule has 0 spiro atoms. The van der Waals surface area contributed by atoms with Gasteiger partial charge in [-0.15, -0.1) is 0 Å². The molecule has 0 atom stereocenters. The molecule has 1 aromatic heterocycles. The molecule has 0 saturated heterocycles. The van der Waals surface area contributed by atoms with Gasteiger partial charge in [-0.2, -0.15) is 0 Å². The lowest BCUT2D eigenvalue weighted by Gasteiger charge is -2.10. The molecule has 3 aromatic rings. The number of methoxy groups -OCH3 is 1. The van der Waals surface area contributed by atoms with Gasteiger partial charge in [-0.1, -0.05) is 18.2 Å². The fourth-order valence-electron chi connectivity index (χ4n) is 2.25. The zero-order valence-electron chi connectivity index (χ0n) is 10.8. The quantitative estimate of drug-likeness (QED) is 0.793. The summed E-state index contributed by atoms with van der Waals surface area (Å²) in [5.74, 6) is -0.320. The first kappa shape index (κ1) is 12.2. The maximum atomic E-state index is 11.4. The Labute approximate surface area is 115 Å². The van der Waals surface area contributed by atoms with Crippen molar-refractivity contribution in [2.45, 2.75) is 0 Å². The molecule has 5 heteroatoms. The van der Waals surface area contributed by atoms with Gasteiger partial charge >= 0.3 is 5.97 Å². The van der Waals surface area contributed by atoms with E-state index < -0.39 is 5.97 Å². The number of carboxylic acids is 1. The molecule has 0 radical (unpaired) electrons. The van der Waals surface area contributed by atoms with E-state index in [1.165, 1.54) is 0 Å². The van der Waals surface area contributed by atoms with Gasteiger partial charge in [-0.25, -0.2) is 9.78 Å². The van der Waals surface area contributed by atoms with Crippen LogP contribution in [0.1, 0.15) is 10.4 Å². The molecule has 100 valence electrons. The van der Waals surface area contributed by atoms with Crippen molar-refractivity contribution in [3.63, 3.8) is 0 Å². The SMILES string of the molecule is COc1ccccc1-n1cnc2cccc(C(=O)O)c21. The molecule has 2 aromatic carbocycles.